The van der Waals surface area contributed by atoms with Gasteiger partial charge >= 0.3 is 0 Å². The van der Waals surface area contributed by atoms with Gasteiger partial charge in [0.05, 0.1) is 20.3 Å². The van der Waals surface area contributed by atoms with Gasteiger partial charge in [-0.05, 0) is 25.5 Å². The highest BCUT2D eigenvalue weighted by molar-refractivity contribution is 6.30. The molecule has 1 aromatic carbocycles. The fraction of sp³-hybridized carbons (Fsp3) is 0.571. The number of hydrogen-bond donors (Lipinski definition) is 1. The average Bonchev–Trinajstić information content (AvgIpc) is 2.90. The van der Waals surface area contributed by atoms with Gasteiger partial charge in [0.15, 0.2) is 11.5 Å². The Morgan fingerprint density at radius 3 is 2.95 bits per heavy atom. The molecule has 0 spiro atoms. The summed E-state index contributed by atoms with van der Waals surface area (Å²) in [5, 5.41) is 0.636. The number of ether oxygens (including phenoxy) is 3. The fourth-order valence-electron chi connectivity index (χ4n) is 2.20. The third-order valence-electron chi connectivity index (χ3n) is 3.22. The molecule has 1 saturated heterocycles. The standard InChI is InChI=1S/C14H20ClNO3/c1-17-13-7-12(15)6-11(2-4-16)14(13)19-9-10-3-5-18-8-10/h6-7,10H,2-5,8-9,16H2,1H3. The fourth-order valence-corrected chi connectivity index (χ4v) is 2.43. The molecular formula is C14H20ClNO3. The van der Waals surface area contributed by atoms with Crippen molar-refractivity contribution in [3.05, 3.63) is 22.7 Å². The Balaban J connectivity index is 2.14. The first-order valence-corrected chi connectivity index (χ1v) is 6.89. The highest BCUT2D eigenvalue weighted by Crippen LogP contribution is 2.35. The van der Waals surface area contributed by atoms with Gasteiger partial charge in [-0.2, -0.15) is 0 Å². The maximum atomic E-state index is 6.07. The molecule has 1 heterocycles. The second-order valence-corrected chi connectivity index (χ2v) is 5.11. The molecule has 2 rings (SSSR count). The monoisotopic (exact) mass is 285 g/mol. The molecule has 4 nitrogen and oxygen atoms in total. The van der Waals surface area contributed by atoms with Crippen molar-refractivity contribution in [1.82, 2.24) is 0 Å². The Morgan fingerprint density at radius 2 is 2.32 bits per heavy atom. The molecule has 2 N–H and O–H groups in total. The van der Waals surface area contributed by atoms with Crippen molar-refractivity contribution >= 4 is 11.6 Å². The van der Waals surface area contributed by atoms with Gasteiger partial charge in [-0.3, -0.25) is 0 Å². The Kier molecular flexibility index (Phi) is 5.31. The van der Waals surface area contributed by atoms with Gasteiger partial charge in [0.1, 0.15) is 0 Å². The molecule has 0 saturated carbocycles. The molecular weight excluding hydrogens is 266 g/mol. The lowest BCUT2D eigenvalue weighted by Crippen LogP contribution is -2.14. The van der Waals surface area contributed by atoms with E-state index < -0.39 is 0 Å². The van der Waals surface area contributed by atoms with Crippen LogP contribution in [-0.4, -0.2) is 33.5 Å². The van der Waals surface area contributed by atoms with E-state index in [0.717, 1.165) is 30.9 Å². The first-order valence-electron chi connectivity index (χ1n) is 6.51. The average molecular weight is 286 g/mol. The minimum Gasteiger partial charge on any atom is -0.493 e. The SMILES string of the molecule is COc1cc(Cl)cc(CCN)c1OCC1CCOC1. The van der Waals surface area contributed by atoms with Crippen LogP contribution >= 0.6 is 11.6 Å². The van der Waals surface area contributed by atoms with E-state index in [1.807, 2.05) is 6.07 Å². The first-order chi connectivity index (χ1) is 9.24. The molecule has 0 amide bonds. The van der Waals surface area contributed by atoms with Crippen LogP contribution in [0.15, 0.2) is 12.1 Å². The van der Waals surface area contributed by atoms with Crippen molar-refractivity contribution < 1.29 is 14.2 Å². The molecule has 0 aliphatic carbocycles. The minimum atomic E-state index is 0.450. The van der Waals surface area contributed by atoms with E-state index >= 15 is 0 Å². The van der Waals surface area contributed by atoms with E-state index in [1.54, 1.807) is 13.2 Å². The third kappa shape index (κ3) is 3.75. The molecule has 0 aromatic heterocycles. The van der Waals surface area contributed by atoms with Crippen molar-refractivity contribution in [2.45, 2.75) is 12.8 Å². The maximum Gasteiger partial charge on any atom is 0.164 e. The highest BCUT2D eigenvalue weighted by Gasteiger charge is 2.19. The Labute approximate surface area is 118 Å². The molecule has 0 radical (unpaired) electrons. The molecule has 0 bridgehead atoms. The number of benzene rings is 1. The summed E-state index contributed by atoms with van der Waals surface area (Å²) in [5.41, 5.74) is 6.62. The van der Waals surface area contributed by atoms with Crippen LogP contribution < -0.4 is 15.2 Å². The van der Waals surface area contributed by atoms with Crippen molar-refractivity contribution in [3.63, 3.8) is 0 Å². The van der Waals surface area contributed by atoms with Gasteiger partial charge in [0, 0.05) is 29.2 Å². The van der Waals surface area contributed by atoms with Crippen LogP contribution in [0, 0.1) is 5.92 Å². The van der Waals surface area contributed by atoms with Crippen LogP contribution in [0.3, 0.4) is 0 Å². The molecule has 1 unspecified atom stereocenters. The Hall–Kier alpha value is -0.970. The zero-order chi connectivity index (χ0) is 13.7. The van der Waals surface area contributed by atoms with Gasteiger partial charge in [-0.1, -0.05) is 11.6 Å². The molecule has 1 aliphatic rings. The quantitative estimate of drug-likeness (QED) is 0.871. The number of rotatable bonds is 6. The lowest BCUT2D eigenvalue weighted by molar-refractivity contribution is 0.165. The van der Waals surface area contributed by atoms with E-state index in [1.165, 1.54) is 0 Å². The molecule has 1 atom stereocenters. The van der Waals surface area contributed by atoms with Gasteiger partial charge < -0.3 is 19.9 Å². The molecule has 19 heavy (non-hydrogen) atoms. The third-order valence-corrected chi connectivity index (χ3v) is 3.44. The van der Waals surface area contributed by atoms with Crippen molar-refractivity contribution in [2.75, 3.05) is 33.5 Å². The summed E-state index contributed by atoms with van der Waals surface area (Å²) in [6.07, 6.45) is 1.76. The van der Waals surface area contributed by atoms with Crippen LogP contribution in [0.5, 0.6) is 11.5 Å². The van der Waals surface area contributed by atoms with Crippen molar-refractivity contribution in [1.29, 1.82) is 0 Å². The maximum absolute atomic E-state index is 6.07. The topological polar surface area (TPSA) is 53.7 Å². The lowest BCUT2D eigenvalue weighted by Gasteiger charge is -2.17. The summed E-state index contributed by atoms with van der Waals surface area (Å²) in [6.45, 7) is 2.77. The van der Waals surface area contributed by atoms with Gasteiger partial charge in [0.2, 0.25) is 0 Å². The largest absolute Gasteiger partial charge is 0.493 e. The summed E-state index contributed by atoms with van der Waals surface area (Å²) in [6, 6.07) is 3.65. The Morgan fingerprint density at radius 1 is 1.47 bits per heavy atom. The summed E-state index contributed by atoms with van der Waals surface area (Å²) in [4.78, 5) is 0. The normalized spacial score (nSPS) is 18.6. The van der Waals surface area contributed by atoms with Crippen LogP contribution in [0.1, 0.15) is 12.0 Å². The highest BCUT2D eigenvalue weighted by atomic mass is 35.5. The molecule has 1 fully saturated rings. The predicted molar refractivity (Wildman–Crippen MR) is 75.2 cm³/mol. The first kappa shape index (κ1) is 14.4. The van der Waals surface area contributed by atoms with Gasteiger partial charge in [-0.15, -0.1) is 0 Å². The second-order valence-electron chi connectivity index (χ2n) is 4.68. The smallest absolute Gasteiger partial charge is 0.164 e. The van der Waals surface area contributed by atoms with Gasteiger partial charge in [0.25, 0.3) is 0 Å². The molecule has 5 heteroatoms. The summed E-state index contributed by atoms with van der Waals surface area (Å²) < 4.78 is 16.6. The zero-order valence-electron chi connectivity index (χ0n) is 11.2. The molecule has 1 aliphatic heterocycles. The summed E-state index contributed by atoms with van der Waals surface area (Å²) in [5.74, 6) is 1.87. The second kappa shape index (κ2) is 6.98. The number of hydrogen-bond acceptors (Lipinski definition) is 4. The van der Waals surface area contributed by atoms with E-state index in [2.05, 4.69) is 0 Å². The van der Waals surface area contributed by atoms with Crippen molar-refractivity contribution in [3.8, 4) is 11.5 Å². The van der Waals surface area contributed by atoms with E-state index in [-0.39, 0.29) is 0 Å². The van der Waals surface area contributed by atoms with Crippen LogP contribution in [0.2, 0.25) is 5.02 Å². The van der Waals surface area contributed by atoms with Crippen LogP contribution in [-0.2, 0) is 11.2 Å². The van der Waals surface area contributed by atoms with Crippen molar-refractivity contribution in [2.24, 2.45) is 11.7 Å². The van der Waals surface area contributed by atoms with Crippen LogP contribution in [0.4, 0.5) is 0 Å². The molecule has 106 valence electrons. The van der Waals surface area contributed by atoms with Crippen LogP contribution in [0.25, 0.3) is 0 Å². The van der Waals surface area contributed by atoms with E-state index in [4.69, 9.17) is 31.5 Å². The lowest BCUT2D eigenvalue weighted by atomic mass is 10.1. The number of nitrogens with two attached hydrogens (primary N) is 1. The summed E-state index contributed by atoms with van der Waals surface area (Å²) in [7, 11) is 1.61. The molecule has 1 aromatic rings. The zero-order valence-corrected chi connectivity index (χ0v) is 11.9. The predicted octanol–water partition coefficient (Wildman–Crippen LogP) is 2.27. The summed E-state index contributed by atoms with van der Waals surface area (Å²) >= 11 is 6.07. The van der Waals surface area contributed by atoms with E-state index in [0.29, 0.717) is 36.3 Å². The van der Waals surface area contributed by atoms with E-state index in [9.17, 15) is 0 Å². The minimum absolute atomic E-state index is 0.450. The van der Waals surface area contributed by atoms with Gasteiger partial charge in [-0.25, -0.2) is 0 Å². The number of halogens is 1. The Bertz CT molecular complexity index is 419. The number of methoxy groups -OCH3 is 1.